The highest BCUT2D eigenvalue weighted by Gasteiger charge is 2.27. The van der Waals surface area contributed by atoms with Crippen molar-refractivity contribution in [3.8, 4) is 11.3 Å². The van der Waals surface area contributed by atoms with Gasteiger partial charge >= 0.3 is 0 Å². The van der Waals surface area contributed by atoms with Gasteiger partial charge in [-0.05, 0) is 19.4 Å². The molecule has 2 aromatic rings. The van der Waals surface area contributed by atoms with Crippen LogP contribution >= 0.6 is 11.8 Å². The van der Waals surface area contributed by atoms with Crippen LogP contribution in [-0.2, 0) is 0 Å². The summed E-state index contributed by atoms with van der Waals surface area (Å²) in [5.41, 5.74) is 3.29. The first kappa shape index (κ1) is 14.2. The van der Waals surface area contributed by atoms with Crippen molar-refractivity contribution in [3.63, 3.8) is 0 Å². The van der Waals surface area contributed by atoms with Crippen LogP contribution in [0, 0.1) is 13.8 Å². The maximum atomic E-state index is 12.8. The molecule has 0 atom stereocenters. The van der Waals surface area contributed by atoms with Crippen molar-refractivity contribution in [2.45, 2.75) is 13.8 Å². The summed E-state index contributed by atoms with van der Waals surface area (Å²) in [7, 11) is 0. The topological polar surface area (TPSA) is 46.3 Å². The number of nitrogens with zero attached hydrogens (tertiary/aromatic N) is 2. The van der Waals surface area contributed by atoms with Gasteiger partial charge < -0.3 is 9.42 Å². The number of aromatic nitrogens is 1. The van der Waals surface area contributed by atoms with E-state index in [1.165, 1.54) is 0 Å². The summed E-state index contributed by atoms with van der Waals surface area (Å²) in [6.45, 7) is 5.43. The van der Waals surface area contributed by atoms with Gasteiger partial charge in [-0.25, -0.2) is 0 Å². The first-order chi connectivity index (χ1) is 10.2. The summed E-state index contributed by atoms with van der Waals surface area (Å²) >= 11 is 1.89. The number of carbonyl (C=O) groups excluding carboxylic acids is 1. The Balaban J connectivity index is 2.01. The van der Waals surface area contributed by atoms with Crippen LogP contribution in [0.25, 0.3) is 11.3 Å². The third kappa shape index (κ3) is 2.70. The van der Waals surface area contributed by atoms with E-state index in [9.17, 15) is 4.79 Å². The molecule has 0 spiro atoms. The van der Waals surface area contributed by atoms with Gasteiger partial charge in [0.05, 0.1) is 5.69 Å². The van der Waals surface area contributed by atoms with Gasteiger partial charge in [0.2, 0.25) is 0 Å². The third-order valence-corrected chi connectivity index (χ3v) is 4.71. The number of amides is 1. The van der Waals surface area contributed by atoms with Gasteiger partial charge in [0.1, 0.15) is 5.56 Å². The predicted molar refractivity (Wildman–Crippen MR) is 84.6 cm³/mol. The van der Waals surface area contributed by atoms with E-state index >= 15 is 0 Å². The largest absolute Gasteiger partial charge is 0.355 e. The molecule has 1 aliphatic rings. The highest BCUT2D eigenvalue weighted by Crippen LogP contribution is 2.30. The molecule has 0 N–H and O–H groups in total. The summed E-state index contributed by atoms with van der Waals surface area (Å²) in [6.07, 6.45) is 0. The Kier molecular flexibility index (Phi) is 4.01. The van der Waals surface area contributed by atoms with Crippen LogP contribution in [-0.4, -0.2) is 40.6 Å². The van der Waals surface area contributed by atoms with Crippen LogP contribution in [0.2, 0.25) is 0 Å². The average molecular weight is 302 g/mol. The molecule has 1 amide bonds. The van der Waals surface area contributed by atoms with Gasteiger partial charge in [-0.3, -0.25) is 4.79 Å². The van der Waals surface area contributed by atoms with E-state index in [0.29, 0.717) is 17.0 Å². The number of benzene rings is 1. The smallest absolute Gasteiger partial charge is 0.259 e. The van der Waals surface area contributed by atoms with Crippen molar-refractivity contribution >= 4 is 17.7 Å². The molecule has 1 aromatic heterocycles. The number of hydrogen-bond donors (Lipinski definition) is 0. The maximum Gasteiger partial charge on any atom is 0.259 e. The van der Waals surface area contributed by atoms with Gasteiger partial charge in [0.25, 0.3) is 5.91 Å². The van der Waals surface area contributed by atoms with E-state index in [-0.39, 0.29) is 5.91 Å². The fourth-order valence-corrected chi connectivity index (χ4v) is 3.46. The van der Waals surface area contributed by atoms with Gasteiger partial charge in [-0.2, -0.15) is 11.8 Å². The highest BCUT2D eigenvalue weighted by molar-refractivity contribution is 7.99. The number of rotatable bonds is 2. The van der Waals surface area contributed by atoms with Gasteiger partial charge in [0, 0.05) is 30.2 Å². The van der Waals surface area contributed by atoms with E-state index in [4.69, 9.17) is 4.52 Å². The highest BCUT2D eigenvalue weighted by atomic mass is 32.2. The second-order valence-electron chi connectivity index (χ2n) is 5.19. The summed E-state index contributed by atoms with van der Waals surface area (Å²) in [4.78, 5) is 14.7. The molecule has 0 radical (unpaired) electrons. The summed E-state index contributed by atoms with van der Waals surface area (Å²) in [5, 5.41) is 4.02. The normalized spacial score (nSPS) is 15.2. The maximum absolute atomic E-state index is 12.8. The van der Waals surface area contributed by atoms with Crippen LogP contribution in [0.5, 0.6) is 0 Å². The number of aryl methyl sites for hydroxylation is 2. The molecule has 5 heteroatoms. The van der Waals surface area contributed by atoms with Crippen LogP contribution in [0.1, 0.15) is 21.6 Å². The molecule has 110 valence electrons. The van der Waals surface area contributed by atoms with Crippen molar-refractivity contribution in [2.75, 3.05) is 24.6 Å². The van der Waals surface area contributed by atoms with E-state index in [1.54, 1.807) is 0 Å². The molecule has 0 saturated carbocycles. The predicted octanol–water partition coefficient (Wildman–Crippen LogP) is 3.15. The molecule has 2 heterocycles. The minimum Gasteiger partial charge on any atom is -0.355 e. The lowest BCUT2D eigenvalue weighted by Crippen LogP contribution is -2.38. The number of thioether (sulfide) groups is 1. The minimum absolute atomic E-state index is 0.0345. The molecule has 21 heavy (non-hydrogen) atoms. The molecule has 1 fully saturated rings. The zero-order valence-corrected chi connectivity index (χ0v) is 13.1. The first-order valence-corrected chi connectivity index (χ1v) is 8.23. The molecule has 1 saturated heterocycles. The fraction of sp³-hybridized carbons (Fsp3) is 0.375. The molecule has 3 rings (SSSR count). The average Bonchev–Trinajstić information content (AvgIpc) is 2.89. The molecule has 0 bridgehead atoms. The third-order valence-electron chi connectivity index (χ3n) is 3.76. The molecule has 4 nitrogen and oxygen atoms in total. The van der Waals surface area contributed by atoms with Crippen LogP contribution in [0.4, 0.5) is 0 Å². The summed E-state index contributed by atoms with van der Waals surface area (Å²) < 4.78 is 5.47. The summed E-state index contributed by atoms with van der Waals surface area (Å²) in [5.74, 6) is 2.62. The van der Waals surface area contributed by atoms with Crippen molar-refractivity contribution < 1.29 is 9.32 Å². The summed E-state index contributed by atoms with van der Waals surface area (Å²) in [6, 6.07) is 7.91. The minimum atomic E-state index is 0.0345. The van der Waals surface area contributed by atoms with E-state index in [1.807, 2.05) is 54.8 Å². The second-order valence-corrected chi connectivity index (χ2v) is 6.42. The Morgan fingerprint density at radius 1 is 1.24 bits per heavy atom. The molecular formula is C16H18N2O2S. The van der Waals surface area contributed by atoms with E-state index < -0.39 is 0 Å². The van der Waals surface area contributed by atoms with Crippen LogP contribution in [0.3, 0.4) is 0 Å². The van der Waals surface area contributed by atoms with Crippen LogP contribution < -0.4 is 0 Å². The lowest BCUT2D eigenvalue weighted by Gasteiger charge is -2.26. The molecule has 0 aliphatic carbocycles. The Hall–Kier alpha value is -1.75. The number of carbonyl (C=O) groups is 1. The molecule has 1 aliphatic heterocycles. The van der Waals surface area contributed by atoms with Crippen LogP contribution in [0.15, 0.2) is 28.8 Å². The van der Waals surface area contributed by atoms with E-state index in [2.05, 4.69) is 5.16 Å². The SMILES string of the molecule is Cc1ccccc1-c1onc(C)c1C(=O)N1CCSCC1. The molecule has 1 aromatic carbocycles. The fourth-order valence-electron chi connectivity index (χ4n) is 2.56. The molecule has 0 unspecified atom stereocenters. The quantitative estimate of drug-likeness (QED) is 0.855. The second kappa shape index (κ2) is 5.93. The van der Waals surface area contributed by atoms with Crippen molar-refractivity contribution in [3.05, 3.63) is 41.1 Å². The molecular weight excluding hydrogens is 284 g/mol. The standard InChI is InChI=1S/C16H18N2O2S/c1-11-5-3-4-6-13(11)15-14(12(2)17-20-15)16(19)18-7-9-21-10-8-18/h3-6H,7-10H2,1-2H3. The van der Waals surface area contributed by atoms with E-state index in [0.717, 1.165) is 35.7 Å². The zero-order chi connectivity index (χ0) is 14.8. The van der Waals surface area contributed by atoms with Crippen molar-refractivity contribution in [2.24, 2.45) is 0 Å². The van der Waals surface area contributed by atoms with Crippen molar-refractivity contribution in [1.82, 2.24) is 10.1 Å². The Morgan fingerprint density at radius 2 is 1.95 bits per heavy atom. The lowest BCUT2D eigenvalue weighted by atomic mass is 10.0. The van der Waals surface area contributed by atoms with Gasteiger partial charge in [-0.15, -0.1) is 0 Å². The lowest BCUT2D eigenvalue weighted by molar-refractivity contribution is 0.0772. The van der Waals surface area contributed by atoms with Gasteiger partial charge in [-0.1, -0.05) is 29.4 Å². The Morgan fingerprint density at radius 3 is 2.67 bits per heavy atom. The first-order valence-electron chi connectivity index (χ1n) is 7.08. The van der Waals surface area contributed by atoms with Gasteiger partial charge in [0.15, 0.2) is 5.76 Å². The zero-order valence-electron chi connectivity index (χ0n) is 12.3. The Labute approximate surface area is 128 Å². The Bertz CT molecular complexity index is 660. The number of hydrogen-bond acceptors (Lipinski definition) is 4. The monoisotopic (exact) mass is 302 g/mol. The van der Waals surface area contributed by atoms with Crippen molar-refractivity contribution in [1.29, 1.82) is 0 Å².